The Kier molecular flexibility index (Phi) is 4.52. The normalized spacial score (nSPS) is 12.1. The van der Waals surface area contributed by atoms with Crippen LogP contribution in [0.1, 0.15) is 19.0 Å². The van der Waals surface area contributed by atoms with Gasteiger partial charge in [-0.2, -0.15) is 0 Å². The van der Waals surface area contributed by atoms with Crippen LogP contribution in [0.4, 0.5) is 0 Å². The summed E-state index contributed by atoms with van der Waals surface area (Å²) in [6.45, 7) is 1.71. The zero-order valence-electron chi connectivity index (χ0n) is 10.8. The molecule has 0 aromatic carbocycles. The SMILES string of the molecule is CC[C@H](NC(=O)Cc1csc(-c2ccco2)n1)C(=O)O. The molecule has 7 heteroatoms. The number of nitrogens with one attached hydrogen (secondary N) is 1. The number of nitrogens with zero attached hydrogens (tertiary/aromatic N) is 1. The lowest BCUT2D eigenvalue weighted by atomic mass is 10.2. The second-order valence-electron chi connectivity index (χ2n) is 4.16. The summed E-state index contributed by atoms with van der Waals surface area (Å²) in [5.74, 6) is -0.732. The van der Waals surface area contributed by atoms with Crippen LogP contribution < -0.4 is 5.32 Å². The van der Waals surface area contributed by atoms with Gasteiger partial charge in [0.15, 0.2) is 10.8 Å². The number of carboxylic acids is 1. The second-order valence-corrected chi connectivity index (χ2v) is 5.02. The number of aromatic nitrogens is 1. The van der Waals surface area contributed by atoms with E-state index in [0.29, 0.717) is 22.9 Å². The molecule has 6 nitrogen and oxygen atoms in total. The Morgan fingerprint density at radius 3 is 2.95 bits per heavy atom. The van der Waals surface area contributed by atoms with Crippen molar-refractivity contribution < 1.29 is 19.1 Å². The van der Waals surface area contributed by atoms with Gasteiger partial charge >= 0.3 is 5.97 Å². The monoisotopic (exact) mass is 294 g/mol. The largest absolute Gasteiger partial charge is 0.480 e. The summed E-state index contributed by atoms with van der Waals surface area (Å²) in [6, 6.07) is 2.70. The molecule has 2 rings (SSSR count). The number of carboxylic acid groups (broad SMARTS) is 1. The van der Waals surface area contributed by atoms with Crippen LogP contribution >= 0.6 is 11.3 Å². The van der Waals surface area contributed by atoms with Crippen LogP contribution in [-0.4, -0.2) is 28.0 Å². The average molecular weight is 294 g/mol. The first-order valence-electron chi connectivity index (χ1n) is 6.10. The molecule has 2 aromatic rings. The van der Waals surface area contributed by atoms with Gasteiger partial charge in [0, 0.05) is 5.38 Å². The minimum atomic E-state index is -1.03. The van der Waals surface area contributed by atoms with E-state index < -0.39 is 12.0 Å². The van der Waals surface area contributed by atoms with Gasteiger partial charge in [-0.15, -0.1) is 11.3 Å². The molecular weight excluding hydrogens is 280 g/mol. The van der Waals surface area contributed by atoms with Crippen LogP contribution in [0.3, 0.4) is 0 Å². The average Bonchev–Trinajstić information content (AvgIpc) is 3.05. The summed E-state index contributed by atoms with van der Waals surface area (Å²) in [6.07, 6.45) is 1.96. The van der Waals surface area contributed by atoms with Gasteiger partial charge in [-0.1, -0.05) is 6.92 Å². The van der Waals surface area contributed by atoms with E-state index in [1.54, 1.807) is 30.7 Å². The Balaban J connectivity index is 1.97. The highest BCUT2D eigenvalue weighted by Crippen LogP contribution is 2.24. The van der Waals surface area contributed by atoms with Crippen molar-refractivity contribution in [2.24, 2.45) is 0 Å². The third-order valence-electron chi connectivity index (χ3n) is 2.67. The smallest absolute Gasteiger partial charge is 0.326 e. The molecule has 106 valence electrons. The fourth-order valence-electron chi connectivity index (χ4n) is 1.65. The molecular formula is C13H14N2O4S. The minimum Gasteiger partial charge on any atom is -0.480 e. The molecule has 0 fully saturated rings. The molecule has 1 atom stereocenters. The predicted molar refractivity (Wildman–Crippen MR) is 73.4 cm³/mol. The standard InChI is InChI=1S/C13H14N2O4S/c1-2-9(13(17)18)15-11(16)6-8-7-20-12(14-8)10-4-3-5-19-10/h3-5,7,9H,2,6H2,1H3,(H,15,16)(H,17,18)/t9-/m0/s1. The molecule has 0 bridgehead atoms. The number of carbonyl (C=O) groups is 2. The third-order valence-corrected chi connectivity index (χ3v) is 3.57. The predicted octanol–water partition coefficient (Wildman–Crippen LogP) is 1.92. The molecule has 2 heterocycles. The van der Waals surface area contributed by atoms with Crippen LogP contribution in [0.5, 0.6) is 0 Å². The Morgan fingerprint density at radius 1 is 1.55 bits per heavy atom. The Hall–Kier alpha value is -2.15. The van der Waals surface area contributed by atoms with Crippen molar-refractivity contribution in [3.63, 3.8) is 0 Å². The van der Waals surface area contributed by atoms with Crippen molar-refractivity contribution in [2.75, 3.05) is 0 Å². The molecule has 2 N–H and O–H groups in total. The second kappa shape index (κ2) is 6.33. The maximum atomic E-state index is 11.7. The van der Waals surface area contributed by atoms with Crippen molar-refractivity contribution in [2.45, 2.75) is 25.8 Å². The van der Waals surface area contributed by atoms with Gasteiger partial charge in [0.1, 0.15) is 6.04 Å². The van der Waals surface area contributed by atoms with Gasteiger partial charge in [-0.3, -0.25) is 4.79 Å². The van der Waals surface area contributed by atoms with E-state index in [0.717, 1.165) is 0 Å². The first kappa shape index (κ1) is 14.3. The number of aliphatic carboxylic acids is 1. The fraction of sp³-hybridized carbons (Fsp3) is 0.308. The van der Waals surface area contributed by atoms with E-state index in [9.17, 15) is 9.59 Å². The van der Waals surface area contributed by atoms with Crippen LogP contribution in [0.15, 0.2) is 28.2 Å². The number of rotatable bonds is 6. The highest BCUT2D eigenvalue weighted by atomic mass is 32.1. The van der Waals surface area contributed by atoms with E-state index in [2.05, 4.69) is 10.3 Å². The molecule has 1 amide bonds. The van der Waals surface area contributed by atoms with Crippen LogP contribution in [0, 0.1) is 0 Å². The highest BCUT2D eigenvalue weighted by Gasteiger charge is 2.18. The summed E-state index contributed by atoms with van der Waals surface area (Å²) < 4.78 is 5.22. The molecule has 0 aliphatic heterocycles. The highest BCUT2D eigenvalue weighted by molar-refractivity contribution is 7.13. The van der Waals surface area contributed by atoms with Crippen LogP contribution in [-0.2, 0) is 16.0 Å². The molecule has 0 saturated heterocycles. The maximum Gasteiger partial charge on any atom is 0.326 e. The van der Waals surface area contributed by atoms with E-state index in [1.807, 2.05) is 0 Å². The van der Waals surface area contributed by atoms with Crippen molar-refractivity contribution >= 4 is 23.2 Å². The van der Waals surface area contributed by atoms with Gasteiger partial charge in [0.05, 0.1) is 18.4 Å². The van der Waals surface area contributed by atoms with E-state index in [-0.39, 0.29) is 12.3 Å². The lowest BCUT2D eigenvalue weighted by Gasteiger charge is -2.11. The van der Waals surface area contributed by atoms with E-state index in [1.165, 1.54) is 11.3 Å². The van der Waals surface area contributed by atoms with Gasteiger partial charge in [0.25, 0.3) is 0 Å². The summed E-state index contributed by atoms with van der Waals surface area (Å²) >= 11 is 1.38. The first-order chi connectivity index (χ1) is 9.60. The Morgan fingerprint density at radius 2 is 2.35 bits per heavy atom. The maximum absolute atomic E-state index is 11.7. The Labute approximate surface area is 119 Å². The topological polar surface area (TPSA) is 92.4 Å². The van der Waals surface area contributed by atoms with Crippen LogP contribution in [0.2, 0.25) is 0 Å². The van der Waals surface area contributed by atoms with E-state index >= 15 is 0 Å². The number of carbonyl (C=O) groups excluding carboxylic acids is 1. The van der Waals surface area contributed by atoms with Gasteiger partial charge in [-0.25, -0.2) is 9.78 Å². The summed E-state index contributed by atoms with van der Waals surface area (Å²) in [4.78, 5) is 26.9. The first-order valence-corrected chi connectivity index (χ1v) is 6.98. The number of furan rings is 1. The molecule has 0 unspecified atom stereocenters. The number of amides is 1. The summed E-state index contributed by atoms with van der Waals surface area (Å²) in [5.41, 5.74) is 0.596. The van der Waals surface area contributed by atoms with Crippen molar-refractivity contribution in [1.82, 2.24) is 10.3 Å². The molecule has 0 aliphatic rings. The lowest BCUT2D eigenvalue weighted by Crippen LogP contribution is -2.41. The molecule has 0 saturated carbocycles. The van der Waals surface area contributed by atoms with Crippen LogP contribution in [0.25, 0.3) is 10.8 Å². The van der Waals surface area contributed by atoms with Gasteiger partial charge in [-0.05, 0) is 18.6 Å². The van der Waals surface area contributed by atoms with Crippen molar-refractivity contribution in [3.05, 3.63) is 29.5 Å². The number of thiazole rings is 1. The molecule has 2 aromatic heterocycles. The molecule has 0 radical (unpaired) electrons. The number of hydrogen-bond acceptors (Lipinski definition) is 5. The fourth-order valence-corrected chi connectivity index (χ4v) is 2.44. The van der Waals surface area contributed by atoms with Crippen molar-refractivity contribution in [1.29, 1.82) is 0 Å². The molecule has 20 heavy (non-hydrogen) atoms. The van der Waals surface area contributed by atoms with Gasteiger partial charge in [0.2, 0.25) is 5.91 Å². The zero-order chi connectivity index (χ0) is 14.5. The lowest BCUT2D eigenvalue weighted by molar-refractivity contribution is -0.141. The Bertz CT molecular complexity index is 591. The number of hydrogen-bond donors (Lipinski definition) is 2. The quantitative estimate of drug-likeness (QED) is 0.849. The van der Waals surface area contributed by atoms with Gasteiger partial charge < -0.3 is 14.8 Å². The summed E-state index contributed by atoms with van der Waals surface area (Å²) in [7, 11) is 0. The molecule has 0 spiro atoms. The summed E-state index contributed by atoms with van der Waals surface area (Å²) in [5, 5.41) is 13.8. The molecule has 0 aliphatic carbocycles. The third kappa shape index (κ3) is 3.45. The zero-order valence-corrected chi connectivity index (χ0v) is 11.6. The minimum absolute atomic E-state index is 0.0565. The van der Waals surface area contributed by atoms with E-state index in [4.69, 9.17) is 9.52 Å². The van der Waals surface area contributed by atoms with Crippen molar-refractivity contribution in [3.8, 4) is 10.8 Å².